The van der Waals surface area contributed by atoms with Gasteiger partial charge in [-0.1, -0.05) is 32.1 Å². The Hall–Kier alpha value is -4.68. The Morgan fingerprint density at radius 2 is 1.87 bits per heavy atom. The molecule has 1 aromatic carbocycles. The quantitative estimate of drug-likeness (QED) is 0.228. The fourth-order valence-corrected chi connectivity index (χ4v) is 10.5. The van der Waals surface area contributed by atoms with Crippen LogP contribution < -0.4 is 19.5 Å². The Morgan fingerprint density at radius 1 is 1.13 bits per heavy atom. The first-order chi connectivity index (χ1) is 28.2. The van der Waals surface area contributed by atoms with Crippen molar-refractivity contribution in [1.29, 1.82) is 0 Å². The van der Waals surface area contributed by atoms with Crippen molar-refractivity contribution in [3.8, 4) is 11.6 Å². The Bertz CT molecular complexity index is 2200. The van der Waals surface area contributed by atoms with Crippen molar-refractivity contribution in [2.24, 2.45) is 17.8 Å². The molecular formula is C41H51F4N5O9S. The van der Waals surface area contributed by atoms with Crippen molar-refractivity contribution >= 4 is 44.6 Å². The number of nitrogens with one attached hydrogen (secondary N) is 2. The largest absolute Gasteiger partial charge is 0.493 e. The maximum Gasteiger partial charge on any atom is 0.411 e. The second-order valence-corrected chi connectivity index (χ2v) is 19.8. The first-order valence-electron chi connectivity index (χ1n) is 20.4. The normalized spacial score (nSPS) is 29.4. The minimum absolute atomic E-state index is 0.00662. The summed E-state index contributed by atoms with van der Waals surface area (Å²) in [6, 6.07) is 2.01. The maximum absolute atomic E-state index is 15.0. The Balaban J connectivity index is 1.29. The van der Waals surface area contributed by atoms with Gasteiger partial charge in [-0.15, -0.1) is 0 Å². The molecule has 2 saturated carbocycles. The van der Waals surface area contributed by atoms with Crippen molar-refractivity contribution < 1.29 is 59.7 Å². The minimum atomic E-state index is -5.11. The van der Waals surface area contributed by atoms with Gasteiger partial charge in [0.1, 0.15) is 46.4 Å². The lowest BCUT2D eigenvalue weighted by molar-refractivity contribution is -0.222. The molecule has 2 aromatic rings. The van der Waals surface area contributed by atoms with Crippen LogP contribution in [0.25, 0.3) is 10.8 Å². The molecule has 0 spiro atoms. The average molecular weight is 866 g/mol. The highest BCUT2D eigenvalue weighted by molar-refractivity contribution is 7.91. The van der Waals surface area contributed by atoms with Gasteiger partial charge in [0.25, 0.3) is 5.91 Å². The highest BCUT2D eigenvalue weighted by Crippen LogP contribution is 2.48. The fourth-order valence-electron chi connectivity index (χ4n) is 9.04. The van der Waals surface area contributed by atoms with Crippen molar-refractivity contribution in [3.05, 3.63) is 42.1 Å². The number of carboxylic acid groups (broad SMARTS) is 1. The predicted molar refractivity (Wildman–Crippen MR) is 209 cm³/mol. The summed E-state index contributed by atoms with van der Waals surface area (Å²) in [4.78, 5) is 62.1. The number of pyridine rings is 1. The molecule has 4 amide bonds. The number of allylic oxidation sites excluding steroid dienone is 1. The molecule has 3 aliphatic heterocycles. The van der Waals surface area contributed by atoms with Gasteiger partial charge < -0.3 is 24.8 Å². The van der Waals surface area contributed by atoms with Crippen LogP contribution in [0.3, 0.4) is 0 Å². The van der Waals surface area contributed by atoms with E-state index < -0.39 is 92.5 Å². The molecule has 3 fully saturated rings. The average Bonchev–Trinajstić information content (AvgIpc) is 4.09. The highest BCUT2D eigenvalue weighted by atomic mass is 32.2. The summed E-state index contributed by atoms with van der Waals surface area (Å²) in [6.45, 7) is 3.61. The third-order valence-corrected chi connectivity index (χ3v) is 15.2. The van der Waals surface area contributed by atoms with Crippen molar-refractivity contribution in [2.45, 2.75) is 126 Å². The lowest BCUT2D eigenvalue weighted by Crippen LogP contribution is -2.66. The van der Waals surface area contributed by atoms with Crippen LogP contribution in [0.5, 0.6) is 11.6 Å². The number of alkyl halides is 4. The zero-order valence-corrected chi connectivity index (χ0v) is 34.7. The van der Waals surface area contributed by atoms with Crippen molar-refractivity contribution in [2.75, 3.05) is 19.8 Å². The number of halogens is 4. The molecule has 0 unspecified atom stereocenters. The number of hydrogen-bond donors (Lipinski definition) is 3. The number of rotatable bonds is 8. The Kier molecular flexibility index (Phi) is 11.3. The number of amides is 4. The number of nitrogens with zero attached hydrogens (tertiary/aromatic N) is 3. The zero-order chi connectivity index (χ0) is 43.6. The van der Waals surface area contributed by atoms with E-state index in [9.17, 15) is 45.5 Å². The van der Waals surface area contributed by atoms with Crippen LogP contribution >= 0.6 is 0 Å². The summed E-state index contributed by atoms with van der Waals surface area (Å²) < 4.78 is 97.1. The third kappa shape index (κ3) is 7.74. The molecule has 0 radical (unpaired) electrons. The number of ether oxygens (including phenoxy) is 2. The summed E-state index contributed by atoms with van der Waals surface area (Å²) in [7, 11) is -4.50. The maximum atomic E-state index is 15.0. The van der Waals surface area contributed by atoms with Gasteiger partial charge in [0.15, 0.2) is 0 Å². The molecule has 7 atom stereocenters. The van der Waals surface area contributed by atoms with E-state index in [1.165, 1.54) is 13.1 Å². The number of aromatic nitrogens is 1. The van der Waals surface area contributed by atoms with E-state index in [1.807, 2.05) is 23.8 Å². The van der Waals surface area contributed by atoms with E-state index in [4.69, 9.17) is 9.47 Å². The summed E-state index contributed by atoms with van der Waals surface area (Å²) in [6.07, 6.45) is -0.772. The number of hydrogen-bond acceptors (Lipinski definition) is 9. The number of sulfonamides is 1. The van der Waals surface area contributed by atoms with Gasteiger partial charge in [0.05, 0.1) is 13.2 Å². The molecule has 0 bridgehead atoms. The second kappa shape index (κ2) is 15.7. The summed E-state index contributed by atoms with van der Waals surface area (Å²) in [5.74, 6) is -4.19. The summed E-state index contributed by atoms with van der Waals surface area (Å²) in [5, 5.41) is 14.4. The van der Waals surface area contributed by atoms with Crippen LogP contribution in [0.1, 0.15) is 84.6 Å². The summed E-state index contributed by atoms with van der Waals surface area (Å²) >= 11 is 0. The SMILES string of the molecule is C[C@@H]1CCC=C[C@@H]2C[C@@]2(C(=O)NS(=O)(=O)C2(CF)CC2)NC(=O)[C@@H]2C[C@@H](Oc3nccc4c5c(ccc34)CCCO5)CN2C(=O)[C@@H](N(C(=O)O)C(C)(C)C(F)(F)F)[C@H](C)C1. The van der Waals surface area contributed by atoms with E-state index in [0.717, 1.165) is 23.3 Å². The molecule has 14 nitrogen and oxygen atoms in total. The standard InChI is InChI=1S/C41H51F4N5O9S/c1-23-8-5-6-10-26-20-40(26,36(53)48-60(56,57)39(22-42)14-15-39)47-33(51)30-19-27(59-34-29-12-11-25-9-7-17-58-32(25)28(29)13-16-46-34)21-49(30)35(52)31(24(2)18-23)50(37(54)55)38(3,4)41(43,44)45/h6,10-13,16,23-24,26-27,30-31H,5,7-9,14-15,17-22H2,1-4H3,(H,47,51)(H,48,53)(H,54,55)/t23-,24-,26-,27-,30+,31+,40-/m1/s1. The van der Waals surface area contributed by atoms with Crippen LogP contribution in [-0.4, -0.2) is 112 Å². The second-order valence-electron chi connectivity index (χ2n) is 17.7. The first kappa shape index (κ1) is 43.4. The van der Waals surface area contributed by atoms with Crippen LogP contribution in [-0.2, 0) is 30.8 Å². The molecule has 1 aromatic heterocycles. The molecule has 328 valence electrons. The van der Waals surface area contributed by atoms with Gasteiger partial charge >= 0.3 is 12.3 Å². The number of carbonyl (C=O) groups excluding carboxylic acids is 3. The van der Waals surface area contributed by atoms with Gasteiger partial charge in [-0.2, -0.15) is 13.2 Å². The molecule has 60 heavy (non-hydrogen) atoms. The van der Waals surface area contributed by atoms with E-state index in [2.05, 4.69) is 10.3 Å². The fraction of sp³-hybridized carbons (Fsp3) is 0.634. The number of fused-ring (bicyclic) bond motifs is 5. The monoisotopic (exact) mass is 865 g/mol. The topological polar surface area (TPSA) is 185 Å². The zero-order valence-electron chi connectivity index (χ0n) is 33.9. The molecule has 5 aliphatic rings. The Labute approximate surface area is 345 Å². The van der Waals surface area contributed by atoms with Crippen LogP contribution in [0.4, 0.5) is 22.4 Å². The highest BCUT2D eigenvalue weighted by Gasteiger charge is 2.64. The lowest BCUT2D eigenvalue weighted by Gasteiger charge is -2.45. The predicted octanol–water partition coefficient (Wildman–Crippen LogP) is 5.43. The number of benzene rings is 1. The van der Waals surface area contributed by atoms with Crippen molar-refractivity contribution in [1.82, 2.24) is 24.8 Å². The molecule has 1 saturated heterocycles. The molecular weight excluding hydrogens is 815 g/mol. The number of aryl methyl sites for hydroxylation is 1. The van der Waals surface area contributed by atoms with Gasteiger partial charge in [-0.25, -0.2) is 22.6 Å². The van der Waals surface area contributed by atoms with Crippen LogP contribution in [0, 0.1) is 17.8 Å². The smallest absolute Gasteiger partial charge is 0.411 e. The molecule has 7 rings (SSSR count). The number of carbonyl (C=O) groups is 4. The van der Waals surface area contributed by atoms with Crippen LogP contribution in [0.15, 0.2) is 36.5 Å². The van der Waals surface area contributed by atoms with E-state index in [1.54, 1.807) is 18.2 Å². The van der Waals surface area contributed by atoms with E-state index in [-0.39, 0.29) is 55.3 Å². The molecule has 4 heterocycles. The van der Waals surface area contributed by atoms with Gasteiger partial charge in [0, 0.05) is 29.3 Å². The summed E-state index contributed by atoms with van der Waals surface area (Å²) in [5.41, 5.74) is -3.90. The van der Waals surface area contributed by atoms with Gasteiger partial charge in [-0.05, 0) is 94.7 Å². The first-order valence-corrected chi connectivity index (χ1v) is 21.9. The van der Waals surface area contributed by atoms with Gasteiger partial charge in [0.2, 0.25) is 27.7 Å². The van der Waals surface area contributed by atoms with Crippen LogP contribution in [0.2, 0.25) is 0 Å². The van der Waals surface area contributed by atoms with E-state index >= 15 is 4.79 Å². The third-order valence-electron chi connectivity index (χ3n) is 13.1. The molecule has 3 N–H and O–H groups in total. The van der Waals surface area contributed by atoms with Crippen molar-refractivity contribution in [3.63, 3.8) is 0 Å². The van der Waals surface area contributed by atoms with E-state index in [0.29, 0.717) is 49.8 Å². The minimum Gasteiger partial charge on any atom is -0.493 e. The molecule has 2 aliphatic carbocycles. The molecule has 19 heteroatoms. The lowest BCUT2D eigenvalue weighted by atomic mass is 9.85. The van der Waals surface area contributed by atoms with Gasteiger partial charge in [-0.3, -0.25) is 24.0 Å². The Morgan fingerprint density at radius 3 is 2.53 bits per heavy atom.